The van der Waals surface area contributed by atoms with Gasteiger partial charge in [-0.05, 0) is 59.2 Å². The molecule has 5 atom stereocenters. The summed E-state index contributed by atoms with van der Waals surface area (Å²) in [5.74, 6) is -0.756. The molecule has 59 heavy (non-hydrogen) atoms. The van der Waals surface area contributed by atoms with E-state index in [0.717, 1.165) is 16.7 Å². The van der Waals surface area contributed by atoms with Crippen LogP contribution in [-0.4, -0.2) is 79.5 Å². The van der Waals surface area contributed by atoms with E-state index in [4.69, 9.17) is 18.9 Å². The van der Waals surface area contributed by atoms with Gasteiger partial charge >= 0.3 is 6.09 Å². The van der Waals surface area contributed by atoms with Crippen LogP contribution in [0.25, 0.3) is 0 Å². The van der Waals surface area contributed by atoms with Gasteiger partial charge in [0.15, 0.2) is 11.5 Å². The molecule has 0 unspecified atom stereocenters. The lowest BCUT2D eigenvalue weighted by Crippen LogP contribution is -2.63. The van der Waals surface area contributed by atoms with E-state index in [9.17, 15) is 24.3 Å². The van der Waals surface area contributed by atoms with Gasteiger partial charge in [0.05, 0.1) is 19.3 Å². The van der Waals surface area contributed by atoms with Crippen LogP contribution in [0.4, 0.5) is 10.5 Å². The Balaban J connectivity index is 1.38. The Morgan fingerprint density at radius 1 is 0.661 bits per heavy atom. The maximum Gasteiger partial charge on any atom is 0.408 e. The minimum Gasteiger partial charge on any atom is -0.497 e. The number of ether oxygens (including phenoxy) is 4. The second-order valence-electron chi connectivity index (χ2n) is 15.0. The molecule has 4 amide bonds. The van der Waals surface area contributed by atoms with Gasteiger partial charge in [-0.3, -0.25) is 19.7 Å². The van der Waals surface area contributed by atoms with E-state index in [2.05, 4.69) is 26.6 Å². The molecule has 14 nitrogen and oxygen atoms in total. The van der Waals surface area contributed by atoms with Crippen molar-refractivity contribution >= 4 is 29.5 Å². The average molecular weight is 810 g/mol. The van der Waals surface area contributed by atoms with Gasteiger partial charge in [0.2, 0.25) is 17.7 Å². The molecule has 1 aliphatic rings. The van der Waals surface area contributed by atoms with Crippen LogP contribution in [0.2, 0.25) is 0 Å². The van der Waals surface area contributed by atoms with Gasteiger partial charge in [0.1, 0.15) is 43.7 Å². The van der Waals surface area contributed by atoms with Crippen molar-refractivity contribution in [1.82, 2.24) is 21.3 Å². The van der Waals surface area contributed by atoms with Crippen LogP contribution in [0.3, 0.4) is 0 Å². The van der Waals surface area contributed by atoms with E-state index in [1.807, 2.05) is 72.8 Å². The molecule has 0 spiro atoms. The summed E-state index contributed by atoms with van der Waals surface area (Å²) < 4.78 is 22.0. The molecule has 0 bridgehead atoms. The number of carbonyl (C=O) groups is 4. The topological polar surface area (TPSA) is 186 Å². The van der Waals surface area contributed by atoms with Crippen LogP contribution in [-0.2, 0) is 38.7 Å². The lowest BCUT2D eigenvalue weighted by molar-refractivity contribution is -0.132. The zero-order chi connectivity index (χ0) is 42.3. The van der Waals surface area contributed by atoms with E-state index in [-0.39, 0.29) is 31.4 Å². The first-order valence-corrected chi connectivity index (χ1v) is 19.8. The summed E-state index contributed by atoms with van der Waals surface area (Å²) in [6.07, 6.45) is -2.19. The van der Waals surface area contributed by atoms with Gasteiger partial charge in [0, 0.05) is 18.3 Å². The van der Waals surface area contributed by atoms with E-state index >= 15 is 0 Å². The standard InChI is InChI=1S/C45H55N5O9/c1-28(2)38(42(52)47-33-18-21-36-37(25-33)58-23-22-57-36)49-44(54)40(46-26-31-16-19-34(56-5)20-17-31)41(51)35(24-30-12-8-6-9-13-30)48-43(53)39(29(3)4)50-45(55)59-27-32-14-10-7-11-15-32/h6-21,25,28-29,35,38-41,46,51H,22-24,26-27H2,1-5H3,(H,47,52)(H,48,53)(H,49,54)(H,50,55)/t35-,38-,39-,40+,41+/m0/s1. The fourth-order valence-electron chi connectivity index (χ4n) is 6.52. The Kier molecular flexibility index (Phi) is 16.1. The number of benzene rings is 4. The zero-order valence-corrected chi connectivity index (χ0v) is 34.1. The maximum absolute atomic E-state index is 14.4. The monoisotopic (exact) mass is 809 g/mol. The number of fused-ring (bicyclic) bond motifs is 1. The number of nitrogens with one attached hydrogen (secondary N) is 5. The normalized spacial score (nSPS) is 14.6. The number of methoxy groups -OCH3 is 1. The molecule has 6 N–H and O–H groups in total. The third kappa shape index (κ3) is 12.9. The van der Waals surface area contributed by atoms with Gasteiger partial charge in [-0.2, -0.15) is 0 Å². The third-order valence-electron chi connectivity index (χ3n) is 9.84. The summed E-state index contributed by atoms with van der Waals surface area (Å²) in [7, 11) is 1.56. The van der Waals surface area contributed by atoms with Crippen molar-refractivity contribution in [2.24, 2.45) is 11.8 Å². The molecular weight excluding hydrogens is 755 g/mol. The fraction of sp³-hybridized carbons (Fsp3) is 0.378. The Morgan fingerprint density at radius 3 is 1.88 bits per heavy atom. The first-order chi connectivity index (χ1) is 28.4. The zero-order valence-electron chi connectivity index (χ0n) is 34.1. The molecular formula is C45H55N5O9. The SMILES string of the molecule is COc1ccc(CN[C@@H](C(=O)N[C@H](C(=O)Nc2ccc3c(c2)OCCO3)C(C)C)[C@H](O)[C@H](Cc2ccccc2)NC(=O)[C@@H](NC(=O)OCc2ccccc2)C(C)C)cc1. The molecule has 0 aromatic heterocycles. The average Bonchev–Trinajstić information content (AvgIpc) is 3.24. The molecule has 0 aliphatic carbocycles. The molecule has 14 heteroatoms. The summed E-state index contributed by atoms with van der Waals surface area (Å²) >= 11 is 0. The quantitative estimate of drug-likeness (QED) is 0.0773. The highest BCUT2D eigenvalue weighted by atomic mass is 16.6. The molecule has 0 saturated carbocycles. The molecule has 0 radical (unpaired) electrons. The van der Waals surface area contributed by atoms with Crippen molar-refractivity contribution < 1.29 is 43.2 Å². The smallest absolute Gasteiger partial charge is 0.408 e. The minimum atomic E-state index is -1.54. The number of aliphatic hydroxyl groups is 1. The summed E-state index contributed by atoms with van der Waals surface area (Å²) in [4.78, 5) is 55.2. The highest BCUT2D eigenvalue weighted by Gasteiger charge is 2.38. The predicted molar refractivity (Wildman–Crippen MR) is 223 cm³/mol. The number of carbonyl (C=O) groups excluding carboxylic acids is 4. The number of rotatable bonds is 19. The van der Waals surface area contributed by atoms with Crippen LogP contribution in [0, 0.1) is 11.8 Å². The van der Waals surface area contributed by atoms with Crippen LogP contribution in [0.5, 0.6) is 17.2 Å². The first-order valence-electron chi connectivity index (χ1n) is 19.8. The lowest BCUT2D eigenvalue weighted by atomic mass is 9.93. The highest BCUT2D eigenvalue weighted by molar-refractivity contribution is 5.98. The maximum atomic E-state index is 14.4. The van der Waals surface area contributed by atoms with Crippen molar-refractivity contribution in [3.8, 4) is 17.2 Å². The van der Waals surface area contributed by atoms with Crippen LogP contribution >= 0.6 is 0 Å². The fourth-order valence-corrected chi connectivity index (χ4v) is 6.52. The molecule has 1 heterocycles. The second-order valence-corrected chi connectivity index (χ2v) is 15.0. The van der Waals surface area contributed by atoms with Gasteiger partial charge < -0.3 is 45.3 Å². The van der Waals surface area contributed by atoms with Gasteiger partial charge in [-0.25, -0.2) is 4.79 Å². The number of amides is 4. The van der Waals surface area contributed by atoms with E-state index in [0.29, 0.717) is 36.1 Å². The summed E-state index contributed by atoms with van der Waals surface area (Å²) in [5.41, 5.74) is 2.80. The largest absolute Gasteiger partial charge is 0.497 e. The molecule has 4 aromatic rings. The Hall–Kier alpha value is -6.12. The van der Waals surface area contributed by atoms with Crippen molar-refractivity contribution in [3.63, 3.8) is 0 Å². The molecule has 1 aliphatic heterocycles. The van der Waals surface area contributed by atoms with Gasteiger partial charge in [-0.1, -0.05) is 100 Å². The minimum absolute atomic E-state index is 0.0111. The van der Waals surface area contributed by atoms with Crippen molar-refractivity contribution in [2.75, 3.05) is 25.6 Å². The van der Waals surface area contributed by atoms with Crippen molar-refractivity contribution in [3.05, 3.63) is 120 Å². The Bertz CT molecular complexity index is 1980. The van der Waals surface area contributed by atoms with Gasteiger partial charge in [0.25, 0.3) is 0 Å². The summed E-state index contributed by atoms with van der Waals surface area (Å²) in [5, 5.41) is 26.8. The molecule has 0 saturated heterocycles. The highest BCUT2D eigenvalue weighted by Crippen LogP contribution is 2.32. The van der Waals surface area contributed by atoms with Crippen LogP contribution in [0.1, 0.15) is 44.4 Å². The number of aliphatic hydroxyl groups excluding tert-OH is 1. The molecule has 5 rings (SSSR count). The first kappa shape index (κ1) is 44.0. The van der Waals surface area contributed by atoms with Crippen molar-refractivity contribution in [1.29, 1.82) is 0 Å². The van der Waals surface area contributed by atoms with Gasteiger partial charge in [-0.15, -0.1) is 0 Å². The van der Waals surface area contributed by atoms with E-state index < -0.39 is 54.1 Å². The number of hydrogen-bond acceptors (Lipinski definition) is 10. The molecule has 0 fully saturated rings. The summed E-state index contributed by atoms with van der Waals surface area (Å²) in [6.45, 7) is 8.11. The number of anilines is 1. The van der Waals surface area contributed by atoms with E-state index in [1.165, 1.54) is 0 Å². The lowest BCUT2D eigenvalue weighted by Gasteiger charge is -2.33. The second kappa shape index (κ2) is 21.6. The predicted octanol–water partition coefficient (Wildman–Crippen LogP) is 4.74. The molecule has 4 aromatic carbocycles. The third-order valence-corrected chi connectivity index (χ3v) is 9.84. The summed E-state index contributed by atoms with van der Waals surface area (Å²) in [6, 6.07) is 26.2. The van der Waals surface area contributed by atoms with Crippen molar-refractivity contribution in [2.45, 2.75) is 77.5 Å². The number of hydrogen-bond donors (Lipinski definition) is 6. The molecule has 314 valence electrons. The number of alkyl carbamates (subject to hydrolysis) is 1. The van der Waals surface area contributed by atoms with E-state index in [1.54, 1.807) is 65.1 Å². The Morgan fingerprint density at radius 2 is 1.25 bits per heavy atom. The Labute approximate surface area is 345 Å². The van der Waals surface area contributed by atoms with Crippen LogP contribution < -0.4 is 40.8 Å². The van der Waals surface area contributed by atoms with Crippen LogP contribution in [0.15, 0.2) is 103 Å².